The number of carbonyl (C=O) groups is 1. The summed E-state index contributed by atoms with van der Waals surface area (Å²) >= 11 is 6.55. The summed E-state index contributed by atoms with van der Waals surface area (Å²) < 4.78 is 12.7. The lowest BCUT2D eigenvalue weighted by Gasteiger charge is -2.19. The third-order valence-electron chi connectivity index (χ3n) is 5.81. The minimum absolute atomic E-state index is 0.0510. The molecule has 0 spiro atoms. The lowest BCUT2D eigenvalue weighted by atomic mass is 10.0. The van der Waals surface area contributed by atoms with Crippen molar-refractivity contribution in [3.8, 4) is 17.6 Å². The first-order valence-corrected chi connectivity index (χ1v) is 12.5. The van der Waals surface area contributed by atoms with Crippen molar-refractivity contribution >= 4 is 46.1 Å². The molecule has 0 aliphatic carbocycles. The third-order valence-corrected chi connectivity index (χ3v) is 7.18. The van der Waals surface area contributed by atoms with Gasteiger partial charge in [0.2, 0.25) is 0 Å². The molecular weight excluding hydrogens is 496 g/mol. The molecule has 1 fully saturated rings. The molecule has 0 bridgehead atoms. The number of benzene rings is 1. The van der Waals surface area contributed by atoms with Crippen LogP contribution in [0.2, 0.25) is 0 Å². The lowest BCUT2D eigenvalue weighted by Crippen LogP contribution is -2.29. The highest BCUT2D eigenvalue weighted by atomic mass is 32.2. The number of methoxy groups -OCH3 is 2. The molecule has 36 heavy (non-hydrogen) atoms. The predicted molar refractivity (Wildman–Crippen MR) is 148 cm³/mol. The summed E-state index contributed by atoms with van der Waals surface area (Å²) in [4.78, 5) is 27.9. The van der Waals surface area contributed by atoms with Gasteiger partial charge in [-0.05, 0) is 49.6 Å². The molecule has 10 heteroatoms. The van der Waals surface area contributed by atoms with Crippen molar-refractivity contribution < 1.29 is 14.3 Å². The average Bonchev–Trinajstić information content (AvgIpc) is 3.14. The maximum absolute atomic E-state index is 13.0. The number of ether oxygens (including phenoxy) is 2. The van der Waals surface area contributed by atoms with Crippen LogP contribution in [0.4, 0.5) is 5.82 Å². The van der Waals surface area contributed by atoms with Crippen LogP contribution in [0, 0.1) is 18.3 Å². The number of hydrogen-bond acceptors (Lipinski definition) is 8. The molecule has 2 aromatic rings. The third kappa shape index (κ3) is 5.32. The van der Waals surface area contributed by atoms with Crippen LogP contribution in [0.25, 0.3) is 6.08 Å². The van der Waals surface area contributed by atoms with E-state index in [1.807, 2.05) is 31.2 Å². The van der Waals surface area contributed by atoms with Crippen molar-refractivity contribution in [1.29, 1.82) is 5.26 Å². The topological polar surface area (TPSA) is 96.6 Å². The monoisotopic (exact) mass is 524 g/mol. The smallest absolute Gasteiger partial charge is 0.270 e. The fourth-order valence-corrected chi connectivity index (χ4v) is 5.19. The lowest BCUT2D eigenvalue weighted by molar-refractivity contribution is -0.121. The number of nitriles is 1. The number of aromatic nitrogens is 1. The van der Waals surface area contributed by atoms with Crippen molar-refractivity contribution in [2.75, 3.05) is 32.6 Å². The SMILES string of the molecule is C=CCN1C(=O)/C(=C\c2c(C)c(C#N)c(=O)n(CC)c2NCCc2ccc(OC)c(OC)c2)SC1=S. The van der Waals surface area contributed by atoms with Gasteiger partial charge < -0.3 is 14.8 Å². The molecule has 2 heterocycles. The maximum Gasteiger partial charge on any atom is 0.270 e. The van der Waals surface area contributed by atoms with Gasteiger partial charge >= 0.3 is 0 Å². The molecule has 0 atom stereocenters. The van der Waals surface area contributed by atoms with E-state index in [9.17, 15) is 14.9 Å². The van der Waals surface area contributed by atoms with Crippen molar-refractivity contribution in [3.63, 3.8) is 0 Å². The fourth-order valence-electron chi connectivity index (χ4n) is 3.93. The second-order valence-corrected chi connectivity index (χ2v) is 9.55. The quantitative estimate of drug-likeness (QED) is 0.282. The summed E-state index contributed by atoms with van der Waals surface area (Å²) in [6.07, 6.45) is 3.96. The molecule has 8 nitrogen and oxygen atoms in total. The van der Waals surface area contributed by atoms with Gasteiger partial charge in [0.25, 0.3) is 11.5 Å². The van der Waals surface area contributed by atoms with Crippen LogP contribution in [0.5, 0.6) is 11.5 Å². The number of amides is 1. The highest BCUT2D eigenvalue weighted by Crippen LogP contribution is 2.35. The minimum Gasteiger partial charge on any atom is -0.493 e. The Labute approximate surface area is 220 Å². The first-order chi connectivity index (χ1) is 17.3. The van der Waals surface area contributed by atoms with Gasteiger partial charge in [-0.15, -0.1) is 6.58 Å². The van der Waals surface area contributed by atoms with Crippen molar-refractivity contribution in [1.82, 2.24) is 9.47 Å². The number of thiocarbonyl (C=S) groups is 1. The second kappa shape index (κ2) is 11.9. The Kier molecular flexibility index (Phi) is 8.96. The summed E-state index contributed by atoms with van der Waals surface area (Å²) in [6, 6.07) is 7.73. The number of nitrogens with one attached hydrogen (secondary N) is 1. The van der Waals surface area contributed by atoms with Crippen LogP contribution in [0.15, 0.2) is 40.6 Å². The highest BCUT2D eigenvalue weighted by Gasteiger charge is 2.32. The second-order valence-electron chi connectivity index (χ2n) is 7.87. The van der Waals surface area contributed by atoms with E-state index >= 15 is 0 Å². The fraction of sp³-hybridized carbons (Fsp3) is 0.308. The van der Waals surface area contributed by atoms with E-state index in [0.717, 1.165) is 5.56 Å². The minimum atomic E-state index is -0.373. The summed E-state index contributed by atoms with van der Waals surface area (Å²) in [5, 5.41) is 13.1. The van der Waals surface area contributed by atoms with E-state index in [1.165, 1.54) is 21.2 Å². The Morgan fingerprint density at radius 1 is 1.25 bits per heavy atom. The molecule has 1 aromatic heterocycles. The van der Waals surface area contributed by atoms with Crippen LogP contribution in [0.1, 0.15) is 29.2 Å². The summed E-state index contributed by atoms with van der Waals surface area (Å²) in [5.74, 6) is 1.60. The molecule has 0 saturated carbocycles. The molecule has 1 aliphatic rings. The Morgan fingerprint density at radius 3 is 2.58 bits per heavy atom. The Hall–Kier alpha value is -3.55. The van der Waals surface area contributed by atoms with Crippen molar-refractivity contribution in [3.05, 3.63) is 68.4 Å². The molecule has 0 unspecified atom stereocenters. The Morgan fingerprint density at radius 2 is 1.97 bits per heavy atom. The van der Waals surface area contributed by atoms with Gasteiger partial charge in [0, 0.05) is 25.2 Å². The van der Waals surface area contributed by atoms with Crippen LogP contribution in [0.3, 0.4) is 0 Å². The molecule has 1 amide bonds. The number of nitrogens with zero attached hydrogens (tertiary/aromatic N) is 3. The van der Waals surface area contributed by atoms with E-state index in [4.69, 9.17) is 21.7 Å². The molecule has 3 rings (SSSR count). The van der Waals surface area contributed by atoms with E-state index in [0.29, 0.717) is 63.7 Å². The van der Waals surface area contributed by atoms with Gasteiger partial charge in [0.05, 0.1) is 19.1 Å². The molecule has 1 aliphatic heterocycles. The van der Waals surface area contributed by atoms with Crippen LogP contribution in [-0.2, 0) is 17.8 Å². The standard InChI is InChI=1S/C26H28N4O4S2/c1-6-12-30-25(32)22(36-26(30)35)14-18-16(3)19(15-27)24(31)29(7-2)23(18)28-11-10-17-8-9-20(33-4)21(13-17)34-5/h6,8-9,13-14,28H,1,7,10-12H2,2-5H3/b22-14+. The molecular formula is C26H28N4O4S2. The number of hydrogen-bond donors (Lipinski definition) is 1. The zero-order valence-corrected chi connectivity index (χ0v) is 22.3. The van der Waals surface area contributed by atoms with Crippen LogP contribution in [-0.4, -0.2) is 47.0 Å². The van der Waals surface area contributed by atoms with Crippen LogP contribution < -0.4 is 20.3 Å². The number of thioether (sulfide) groups is 1. The normalized spacial score (nSPS) is 14.2. The predicted octanol–water partition coefficient (Wildman–Crippen LogP) is 4.11. The van der Waals surface area contributed by atoms with Crippen LogP contribution >= 0.6 is 24.0 Å². The van der Waals surface area contributed by atoms with Crippen molar-refractivity contribution in [2.45, 2.75) is 26.8 Å². The molecule has 0 radical (unpaired) electrons. The van der Waals surface area contributed by atoms with Crippen molar-refractivity contribution in [2.24, 2.45) is 0 Å². The summed E-state index contributed by atoms with van der Waals surface area (Å²) in [5.41, 5.74) is 1.81. The Bertz CT molecular complexity index is 1340. The highest BCUT2D eigenvalue weighted by molar-refractivity contribution is 8.26. The molecule has 1 saturated heterocycles. The molecule has 188 valence electrons. The van der Waals surface area contributed by atoms with Gasteiger partial charge in [-0.3, -0.25) is 19.1 Å². The number of rotatable bonds is 10. The Balaban J connectivity index is 2.01. The van der Waals surface area contributed by atoms with Gasteiger partial charge in [-0.25, -0.2) is 0 Å². The number of pyridine rings is 1. The number of anilines is 1. The van der Waals surface area contributed by atoms with Gasteiger partial charge in [0.15, 0.2) is 11.5 Å². The van der Waals surface area contributed by atoms with Gasteiger partial charge in [-0.1, -0.05) is 36.1 Å². The van der Waals surface area contributed by atoms with E-state index < -0.39 is 0 Å². The van der Waals surface area contributed by atoms with Gasteiger partial charge in [0.1, 0.15) is 21.8 Å². The maximum atomic E-state index is 13.0. The first-order valence-electron chi connectivity index (χ1n) is 11.3. The average molecular weight is 525 g/mol. The summed E-state index contributed by atoms with van der Waals surface area (Å²) in [6.45, 7) is 8.40. The zero-order chi connectivity index (χ0) is 26.4. The van der Waals surface area contributed by atoms with E-state index in [2.05, 4.69) is 11.9 Å². The summed E-state index contributed by atoms with van der Waals surface area (Å²) in [7, 11) is 3.17. The van der Waals surface area contributed by atoms with Gasteiger partial charge in [-0.2, -0.15) is 5.26 Å². The first kappa shape index (κ1) is 27.0. The zero-order valence-electron chi connectivity index (χ0n) is 20.7. The van der Waals surface area contributed by atoms with E-state index in [1.54, 1.807) is 33.3 Å². The largest absolute Gasteiger partial charge is 0.493 e. The molecule has 1 N–H and O–H groups in total. The number of carbonyl (C=O) groups excluding carboxylic acids is 1. The van der Waals surface area contributed by atoms with E-state index in [-0.39, 0.29) is 17.0 Å². The molecule has 1 aromatic carbocycles.